The Balaban J connectivity index is 0.00000162. The molecule has 0 radical (unpaired) electrons. The van der Waals surface area contributed by atoms with Crippen molar-refractivity contribution >= 4 is 24.3 Å². The predicted molar refractivity (Wildman–Crippen MR) is 64.9 cm³/mol. The number of amides is 1. The van der Waals surface area contributed by atoms with Gasteiger partial charge >= 0.3 is 5.97 Å². The average Bonchev–Trinajstić information content (AvgIpc) is 2.29. The van der Waals surface area contributed by atoms with Crippen LogP contribution in [-0.4, -0.2) is 17.0 Å². The zero-order valence-electron chi connectivity index (χ0n) is 9.22. The summed E-state index contributed by atoms with van der Waals surface area (Å²) < 4.78 is 12.8. The van der Waals surface area contributed by atoms with Crippen LogP contribution in [0.1, 0.15) is 17.9 Å². The summed E-state index contributed by atoms with van der Waals surface area (Å²) in [6.07, 6.45) is 1.26. The fourth-order valence-electron chi connectivity index (χ4n) is 1.82. The smallest absolute Gasteiger partial charge is 0.333 e. The van der Waals surface area contributed by atoms with Crippen LogP contribution >= 0.6 is 12.4 Å². The average molecular weight is 272 g/mol. The molecule has 1 amide bonds. The van der Waals surface area contributed by atoms with Gasteiger partial charge in [0.05, 0.1) is 5.57 Å². The lowest BCUT2D eigenvalue weighted by atomic mass is 9.86. The molecule has 6 heteroatoms. The van der Waals surface area contributed by atoms with Crippen LogP contribution < -0.4 is 5.32 Å². The number of carboxylic acids is 1. The molecule has 0 bridgehead atoms. The summed E-state index contributed by atoms with van der Waals surface area (Å²) in [7, 11) is 0. The second-order valence-electron chi connectivity index (χ2n) is 3.78. The van der Waals surface area contributed by atoms with Gasteiger partial charge in [0, 0.05) is 18.5 Å². The Kier molecular flexibility index (Phi) is 4.44. The van der Waals surface area contributed by atoms with Gasteiger partial charge in [0.2, 0.25) is 5.91 Å². The Hall–Kier alpha value is -1.88. The van der Waals surface area contributed by atoms with Gasteiger partial charge in [-0.25, -0.2) is 9.18 Å². The second kappa shape index (κ2) is 5.64. The van der Waals surface area contributed by atoms with Crippen molar-refractivity contribution in [2.45, 2.75) is 12.3 Å². The summed E-state index contributed by atoms with van der Waals surface area (Å²) in [4.78, 5) is 22.3. The molecule has 1 atom stereocenters. The maximum absolute atomic E-state index is 12.8. The minimum atomic E-state index is -1.08. The minimum absolute atomic E-state index is 0. The summed E-state index contributed by atoms with van der Waals surface area (Å²) in [5, 5.41) is 11.4. The first-order valence-electron chi connectivity index (χ1n) is 5.06. The van der Waals surface area contributed by atoms with E-state index >= 15 is 0 Å². The molecular formula is C12H11ClFNO3. The highest BCUT2D eigenvalue weighted by Crippen LogP contribution is 2.30. The Bertz CT molecular complexity index is 499. The van der Waals surface area contributed by atoms with Gasteiger partial charge in [-0.1, -0.05) is 12.1 Å². The first kappa shape index (κ1) is 14.2. The number of benzene rings is 1. The van der Waals surface area contributed by atoms with Crippen molar-refractivity contribution in [3.8, 4) is 0 Å². The SMILES string of the molecule is Cl.O=C1CC(c2ccc(F)cc2)C(C(=O)O)=CN1. The number of carbonyl (C=O) groups excluding carboxylic acids is 1. The van der Waals surface area contributed by atoms with E-state index < -0.39 is 17.7 Å². The van der Waals surface area contributed by atoms with E-state index in [1.165, 1.54) is 30.5 Å². The van der Waals surface area contributed by atoms with Gasteiger partial charge in [0.15, 0.2) is 0 Å². The maximum Gasteiger partial charge on any atom is 0.333 e. The molecule has 2 N–H and O–H groups in total. The lowest BCUT2D eigenvalue weighted by molar-refractivity contribution is -0.133. The standard InChI is InChI=1S/C12H10FNO3.ClH/c13-8-3-1-7(2-4-8)9-5-11(15)14-6-10(9)12(16)17;/h1-4,6,9H,5H2,(H,14,15)(H,16,17);1H. The lowest BCUT2D eigenvalue weighted by Gasteiger charge is -2.21. The monoisotopic (exact) mass is 271 g/mol. The van der Waals surface area contributed by atoms with Gasteiger partial charge in [-0.05, 0) is 17.7 Å². The van der Waals surface area contributed by atoms with Crippen LogP contribution in [0.25, 0.3) is 0 Å². The Morgan fingerprint density at radius 3 is 2.50 bits per heavy atom. The van der Waals surface area contributed by atoms with Gasteiger partial charge in [-0.15, -0.1) is 12.4 Å². The van der Waals surface area contributed by atoms with Crippen molar-refractivity contribution in [1.29, 1.82) is 0 Å². The quantitative estimate of drug-likeness (QED) is 0.862. The molecule has 0 saturated carbocycles. The van der Waals surface area contributed by atoms with Crippen LogP contribution in [0.4, 0.5) is 4.39 Å². The normalized spacial score (nSPS) is 18.4. The fraction of sp³-hybridized carbons (Fsp3) is 0.167. The van der Waals surface area contributed by atoms with E-state index in [-0.39, 0.29) is 30.3 Å². The summed E-state index contributed by atoms with van der Waals surface area (Å²) in [5.41, 5.74) is 0.728. The van der Waals surface area contributed by atoms with Crippen LogP contribution in [-0.2, 0) is 9.59 Å². The lowest BCUT2D eigenvalue weighted by Crippen LogP contribution is -2.29. The highest BCUT2D eigenvalue weighted by molar-refractivity contribution is 5.93. The van der Waals surface area contributed by atoms with Crippen LogP contribution in [0.3, 0.4) is 0 Å². The molecule has 0 aliphatic carbocycles. The largest absolute Gasteiger partial charge is 0.478 e. The van der Waals surface area contributed by atoms with Gasteiger partial charge < -0.3 is 10.4 Å². The third-order valence-corrected chi connectivity index (χ3v) is 2.67. The van der Waals surface area contributed by atoms with Crippen molar-refractivity contribution < 1.29 is 19.1 Å². The summed E-state index contributed by atoms with van der Waals surface area (Å²) >= 11 is 0. The van der Waals surface area contributed by atoms with Crippen LogP contribution in [0.5, 0.6) is 0 Å². The third-order valence-electron chi connectivity index (χ3n) is 2.67. The number of rotatable bonds is 2. The molecule has 0 fully saturated rings. The van der Waals surface area contributed by atoms with Crippen molar-refractivity contribution in [1.82, 2.24) is 5.32 Å². The molecule has 1 aliphatic rings. The number of aliphatic carboxylic acids is 1. The van der Waals surface area contributed by atoms with Crippen molar-refractivity contribution in [2.24, 2.45) is 0 Å². The summed E-state index contributed by atoms with van der Waals surface area (Å²) in [5.74, 6) is -2.25. The van der Waals surface area contributed by atoms with Crippen molar-refractivity contribution in [3.63, 3.8) is 0 Å². The molecule has 0 saturated heterocycles. The van der Waals surface area contributed by atoms with E-state index in [9.17, 15) is 14.0 Å². The Labute approximate surface area is 109 Å². The van der Waals surface area contributed by atoms with E-state index in [4.69, 9.17) is 5.11 Å². The van der Waals surface area contributed by atoms with Crippen LogP contribution in [0.15, 0.2) is 36.0 Å². The van der Waals surface area contributed by atoms with Gasteiger partial charge in [0.1, 0.15) is 5.82 Å². The molecule has 1 unspecified atom stereocenters. The molecule has 1 aliphatic heterocycles. The Morgan fingerprint density at radius 1 is 1.33 bits per heavy atom. The molecule has 2 rings (SSSR count). The van der Waals surface area contributed by atoms with E-state index in [0.717, 1.165) is 0 Å². The molecule has 96 valence electrons. The number of carbonyl (C=O) groups is 2. The first-order valence-corrected chi connectivity index (χ1v) is 5.06. The van der Waals surface area contributed by atoms with E-state index in [1.807, 2.05) is 0 Å². The molecule has 0 aromatic heterocycles. The molecule has 1 aromatic rings. The van der Waals surface area contributed by atoms with E-state index in [2.05, 4.69) is 5.32 Å². The van der Waals surface area contributed by atoms with Gasteiger partial charge in [-0.3, -0.25) is 4.79 Å². The molecule has 18 heavy (non-hydrogen) atoms. The minimum Gasteiger partial charge on any atom is -0.478 e. The zero-order valence-corrected chi connectivity index (χ0v) is 10.0. The fourth-order valence-corrected chi connectivity index (χ4v) is 1.82. The van der Waals surface area contributed by atoms with Crippen LogP contribution in [0.2, 0.25) is 0 Å². The first-order chi connectivity index (χ1) is 8.08. The number of hydrogen-bond acceptors (Lipinski definition) is 2. The molecular weight excluding hydrogens is 261 g/mol. The predicted octanol–water partition coefficient (Wildman–Crippen LogP) is 1.82. The molecule has 1 aromatic carbocycles. The third kappa shape index (κ3) is 2.87. The highest BCUT2D eigenvalue weighted by Gasteiger charge is 2.28. The second-order valence-corrected chi connectivity index (χ2v) is 3.78. The van der Waals surface area contributed by atoms with Gasteiger partial charge in [-0.2, -0.15) is 0 Å². The molecule has 1 heterocycles. The van der Waals surface area contributed by atoms with E-state index in [1.54, 1.807) is 0 Å². The number of nitrogens with one attached hydrogen (secondary N) is 1. The molecule has 0 spiro atoms. The highest BCUT2D eigenvalue weighted by atomic mass is 35.5. The summed E-state index contributed by atoms with van der Waals surface area (Å²) in [6.45, 7) is 0. The topological polar surface area (TPSA) is 66.4 Å². The number of hydrogen-bond donors (Lipinski definition) is 2. The van der Waals surface area contributed by atoms with Crippen molar-refractivity contribution in [2.75, 3.05) is 0 Å². The Morgan fingerprint density at radius 2 is 1.94 bits per heavy atom. The molecule has 4 nitrogen and oxygen atoms in total. The number of carboxylic acid groups (broad SMARTS) is 1. The van der Waals surface area contributed by atoms with Gasteiger partial charge in [0.25, 0.3) is 0 Å². The van der Waals surface area contributed by atoms with Crippen LogP contribution in [0, 0.1) is 5.82 Å². The number of halogens is 2. The van der Waals surface area contributed by atoms with Crippen molar-refractivity contribution in [3.05, 3.63) is 47.4 Å². The zero-order chi connectivity index (χ0) is 12.4. The maximum atomic E-state index is 12.8. The summed E-state index contributed by atoms with van der Waals surface area (Å²) in [6, 6.07) is 5.49. The van der Waals surface area contributed by atoms with E-state index in [0.29, 0.717) is 5.56 Å².